The monoisotopic (exact) mass is 262 g/mol. The van der Waals surface area contributed by atoms with Crippen molar-refractivity contribution in [1.29, 1.82) is 0 Å². The van der Waals surface area contributed by atoms with Crippen LogP contribution < -0.4 is 5.32 Å². The van der Waals surface area contributed by atoms with E-state index in [9.17, 15) is 18.0 Å². The third-order valence-electron chi connectivity index (χ3n) is 2.19. The molecule has 0 amide bonds. The molecule has 1 heterocycles. The van der Waals surface area contributed by atoms with Crippen LogP contribution in [0.4, 0.5) is 19.0 Å². The first-order valence-corrected chi connectivity index (χ1v) is 5.31. The van der Waals surface area contributed by atoms with Crippen LogP contribution in [0.3, 0.4) is 0 Å². The fourth-order valence-corrected chi connectivity index (χ4v) is 1.36. The Balaban J connectivity index is 2.61. The predicted molar refractivity (Wildman–Crippen MR) is 59.7 cm³/mol. The molecule has 0 spiro atoms. The Hall–Kier alpha value is -1.79. The fraction of sp³-hybridized carbons (Fsp3) is 0.455. The zero-order chi connectivity index (χ0) is 13.8. The first-order chi connectivity index (χ1) is 8.29. The van der Waals surface area contributed by atoms with Crippen molar-refractivity contribution < 1.29 is 23.1 Å². The van der Waals surface area contributed by atoms with E-state index in [0.29, 0.717) is 5.69 Å². The van der Waals surface area contributed by atoms with Gasteiger partial charge in [-0.3, -0.25) is 0 Å². The van der Waals surface area contributed by atoms with E-state index in [1.807, 2.05) is 0 Å². The number of aryl methyl sites for hydroxylation is 1. The van der Waals surface area contributed by atoms with Crippen LogP contribution in [0.25, 0.3) is 0 Å². The molecule has 7 heteroatoms. The number of alkyl halides is 3. The van der Waals surface area contributed by atoms with E-state index in [0.717, 1.165) is 0 Å². The fourth-order valence-electron chi connectivity index (χ4n) is 1.36. The molecule has 0 fully saturated rings. The van der Waals surface area contributed by atoms with E-state index in [1.165, 1.54) is 12.1 Å². The number of carboxylic acid groups (broad SMARTS) is 1. The van der Waals surface area contributed by atoms with Gasteiger partial charge in [0.25, 0.3) is 0 Å². The molecule has 0 aliphatic carbocycles. The summed E-state index contributed by atoms with van der Waals surface area (Å²) in [5.74, 6) is -1.06. The Morgan fingerprint density at radius 1 is 1.44 bits per heavy atom. The van der Waals surface area contributed by atoms with Crippen molar-refractivity contribution in [3.63, 3.8) is 0 Å². The maximum absolute atomic E-state index is 11.9. The number of pyridine rings is 1. The first-order valence-electron chi connectivity index (χ1n) is 5.31. The topological polar surface area (TPSA) is 62.2 Å². The molecule has 18 heavy (non-hydrogen) atoms. The molecule has 1 rings (SSSR count). The number of rotatable bonds is 5. The molecule has 0 radical (unpaired) electrons. The van der Waals surface area contributed by atoms with Gasteiger partial charge in [0.2, 0.25) is 0 Å². The lowest BCUT2D eigenvalue weighted by molar-refractivity contribution is -0.134. The lowest BCUT2D eigenvalue weighted by Crippen LogP contribution is -2.13. The number of carboxylic acids is 1. The minimum Gasteiger partial charge on any atom is -0.478 e. The standard InChI is InChI=1S/C11H13F3N2O2/c1-7-3-4-8(10(17)18)9(16-7)15-6-2-5-11(12,13)14/h3-4H,2,5-6H2,1H3,(H,15,16)(H,17,18). The number of hydrogen-bond donors (Lipinski definition) is 2. The van der Waals surface area contributed by atoms with Crippen LogP contribution in [0.1, 0.15) is 28.9 Å². The third-order valence-corrected chi connectivity index (χ3v) is 2.19. The van der Waals surface area contributed by atoms with Crippen molar-refractivity contribution in [2.24, 2.45) is 0 Å². The van der Waals surface area contributed by atoms with E-state index in [4.69, 9.17) is 5.11 Å². The third kappa shape index (κ3) is 4.60. The maximum Gasteiger partial charge on any atom is 0.389 e. The van der Waals surface area contributed by atoms with Gasteiger partial charge in [-0.1, -0.05) is 0 Å². The molecule has 0 aliphatic heterocycles. The van der Waals surface area contributed by atoms with Gasteiger partial charge < -0.3 is 10.4 Å². The smallest absolute Gasteiger partial charge is 0.389 e. The molecule has 0 bridgehead atoms. The predicted octanol–water partition coefficient (Wildman–Crippen LogP) is 2.84. The Morgan fingerprint density at radius 2 is 2.11 bits per heavy atom. The number of anilines is 1. The van der Waals surface area contributed by atoms with Gasteiger partial charge in [0.05, 0.1) is 0 Å². The SMILES string of the molecule is Cc1ccc(C(=O)O)c(NCCCC(F)(F)F)n1. The van der Waals surface area contributed by atoms with E-state index >= 15 is 0 Å². The number of hydrogen-bond acceptors (Lipinski definition) is 3. The molecule has 100 valence electrons. The van der Waals surface area contributed by atoms with Gasteiger partial charge in [-0.05, 0) is 25.5 Å². The number of carbonyl (C=O) groups is 1. The van der Waals surface area contributed by atoms with Crippen LogP contribution in [-0.4, -0.2) is 28.8 Å². The molecule has 0 aliphatic rings. The summed E-state index contributed by atoms with van der Waals surface area (Å²) < 4.78 is 35.7. The average molecular weight is 262 g/mol. The van der Waals surface area contributed by atoms with Gasteiger partial charge in [0.15, 0.2) is 0 Å². The number of nitrogens with one attached hydrogen (secondary N) is 1. The minimum absolute atomic E-state index is 0.0241. The molecule has 0 saturated heterocycles. The lowest BCUT2D eigenvalue weighted by atomic mass is 10.2. The first kappa shape index (κ1) is 14.3. The molecule has 1 aromatic heterocycles. The number of aromatic nitrogens is 1. The maximum atomic E-state index is 11.9. The molecular formula is C11H13F3N2O2. The second kappa shape index (κ2) is 5.70. The quantitative estimate of drug-likeness (QED) is 0.801. The molecule has 0 saturated carbocycles. The Morgan fingerprint density at radius 3 is 2.67 bits per heavy atom. The number of nitrogens with zero attached hydrogens (tertiary/aromatic N) is 1. The van der Waals surface area contributed by atoms with Crippen molar-refractivity contribution >= 4 is 11.8 Å². The largest absolute Gasteiger partial charge is 0.478 e. The van der Waals surface area contributed by atoms with Gasteiger partial charge >= 0.3 is 12.1 Å². The summed E-state index contributed by atoms with van der Waals surface area (Å²) in [5.41, 5.74) is 0.547. The van der Waals surface area contributed by atoms with Crippen molar-refractivity contribution in [3.8, 4) is 0 Å². The van der Waals surface area contributed by atoms with Crippen LogP contribution in [0.15, 0.2) is 12.1 Å². The van der Waals surface area contributed by atoms with Gasteiger partial charge in [-0.2, -0.15) is 13.2 Å². The zero-order valence-corrected chi connectivity index (χ0v) is 9.71. The molecule has 1 aromatic rings. The van der Waals surface area contributed by atoms with E-state index in [-0.39, 0.29) is 24.3 Å². The summed E-state index contributed by atoms with van der Waals surface area (Å²) in [6, 6.07) is 2.90. The zero-order valence-electron chi connectivity index (χ0n) is 9.71. The van der Waals surface area contributed by atoms with E-state index in [1.54, 1.807) is 6.92 Å². The summed E-state index contributed by atoms with van der Waals surface area (Å²) in [6.45, 7) is 1.70. The number of halogens is 3. The summed E-state index contributed by atoms with van der Waals surface area (Å²) >= 11 is 0. The van der Waals surface area contributed by atoms with Crippen LogP contribution >= 0.6 is 0 Å². The molecular weight excluding hydrogens is 249 g/mol. The van der Waals surface area contributed by atoms with E-state index < -0.39 is 18.6 Å². The molecule has 2 N–H and O–H groups in total. The summed E-state index contributed by atoms with van der Waals surface area (Å²) in [5, 5.41) is 11.5. The van der Waals surface area contributed by atoms with Crippen molar-refractivity contribution in [2.45, 2.75) is 25.9 Å². The van der Waals surface area contributed by atoms with Crippen LogP contribution in [0.5, 0.6) is 0 Å². The lowest BCUT2D eigenvalue weighted by Gasteiger charge is -2.10. The molecule has 0 aromatic carbocycles. The second-order valence-corrected chi connectivity index (χ2v) is 3.80. The van der Waals surface area contributed by atoms with Crippen molar-refractivity contribution in [2.75, 3.05) is 11.9 Å². The Labute approximate surface area is 102 Å². The highest BCUT2D eigenvalue weighted by Gasteiger charge is 2.26. The van der Waals surface area contributed by atoms with Gasteiger partial charge in [0.1, 0.15) is 11.4 Å². The molecule has 4 nitrogen and oxygen atoms in total. The van der Waals surface area contributed by atoms with Gasteiger partial charge in [-0.15, -0.1) is 0 Å². The van der Waals surface area contributed by atoms with Crippen molar-refractivity contribution in [1.82, 2.24) is 4.98 Å². The molecule has 0 atom stereocenters. The van der Waals surface area contributed by atoms with Crippen LogP contribution in [0, 0.1) is 6.92 Å². The van der Waals surface area contributed by atoms with Gasteiger partial charge in [-0.25, -0.2) is 9.78 Å². The normalized spacial score (nSPS) is 11.3. The highest BCUT2D eigenvalue weighted by atomic mass is 19.4. The summed E-state index contributed by atoms with van der Waals surface area (Å²) in [7, 11) is 0. The average Bonchev–Trinajstić information content (AvgIpc) is 2.22. The molecule has 0 unspecified atom stereocenters. The van der Waals surface area contributed by atoms with Crippen LogP contribution in [-0.2, 0) is 0 Å². The highest BCUT2D eigenvalue weighted by molar-refractivity contribution is 5.93. The minimum atomic E-state index is -4.20. The summed E-state index contributed by atoms with van der Waals surface area (Å²) in [6.07, 6.45) is -5.23. The van der Waals surface area contributed by atoms with Gasteiger partial charge in [0, 0.05) is 18.7 Å². The van der Waals surface area contributed by atoms with E-state index in [2.05, 4.69) is 10.3 Å². The Bertz CT molecular complexity index is 433. The van der Waals surface area contributed by atoms with Crippen LogP contribution in [0.2, 0.25) is 0 Å². The van der Waals surface area contributed by atoms with Crippen molar-refractivity contribution in [3.05, 3.63) is 23.4 Å². The number of aromatic carboxylic acids is 1. The Kier molecular flexibility index (Phi) is 4.52. The second-order valence-electron chi connectivity index (χ2n) is 3.80. The highest BCUT2D eigenvalue weighted by Crippen LogP contribution is 2.21. The summed E-state index contributed by atoms with van der Waals surface area (Å²) in [4.78, 5) is 14.8.